The van der Waals surface area contributed by atoms with Crippen molar-refractivity contribution in [3.63, 3.8) is 0 Å². The largest absolute Gasteiger partial charge is 0.345 e. The minimum atomic E-state index is 0.199. The topological polar surface area (TPSA) is 33.2 Å². The normalized spacial score (nSPS) is 10.4. The lowest BCUT2D eigenvalue weighted by molar-refractivity contribution is -0.129. The van der Waals surface area contributed by atoms with Crippen LogP contribution in [0.25, 0.3) is 0 Å². The van der Waals surface area contributed by atoms with E-state index in [1.807, 2.05) is 24.1 Å². The van der Waals surface area contributed by atoms with Crippen LogP contribution in [0.4, 0.5) is 0 Å². The quantitative estimate of drug-likeness (QED) is 0.816. The number of hydrogen-bond acceptors (Lipinski definition) is 2. The highest BCUT2D eigenvalue weighted by Crippen LogP contribution is 2.07. The van der Waals surface area contributed by atoms with Gasteiger partial charge in [-0.05, 0) is 43.0 Å². The lowest BCUT2D eigenvalue weighted by Gasteiger charge is -2.17. The number of hydrogen-bond donors (Lipinski definition) is 0. The third-order valence-electron chi connectivity index (χ3n) is 3.66. The van der Waals surface area contributed by atoms with E-state index < -0.39 is 0 Å². The van der Waals surface area contributed by atoms with Gasteiger partial charge in [0.15, 0.2) is 0 Å². The van der Waals surface area contributed by atoms with Gasteiger partial charge in [-0.1, -0.05) is 29.8 Å². The Kier molecular flexibility index (Phi) is 5.50. The maximum absolute atomic E-state index is 12.1. The molecule has 0 saturated heterocycles. The molecule has 3 heteroatoms. The molecule has 1 aromatic carbocycles. The summed E-state index contributed by atoms with van der Waals surface area (Å²) in [4.78, 5) is 17.9. The van der Waals surface area contributed by atoms with Crippen LogP contribution in [-0.2, 0) is 17.6 Å². The summed E-state index contributed by atoms with van der Waals surface area (Å²) in [5, 5.41) is 0. The van der Waals surface area contributed by atoms with Gasteiger partial charge in [0, 0.05) is 32.4 Å². The van der Waals surface area contributed by atoms with Gasteiger partial charge in [-0.25, -0.2) is 0 Å². The first-order valence-electron chi connectivity index (χ1n) is 7.33. The molecule has 1 aromatic heterocycles. The zero-order valence-corrected chi connectivity index (χ0v) is 12.7. The molecule has 1 heterocycles. The number of rotatable bonds is 6. The van der Waals surface area contributed by atoms with Gasteiger partial charge < -0.3 is 4.90 Å². The van der Waals surface area contributed by atoms with E-state index in [9.17, 15) is 4.79 Å². The molecule has 110 valence electrons. The molecular weight excluding hydrogens is 260 g/mol. The molecule has 0 aliphatic rings. The van der Waals surface area contributed by atoms with Crippen LogP contribution in [0.15, 0.2) is 48.8 Å². The highest BCUT2D eigenvalue weighted by Gasteiger charge is 2.08. The molecule has 0 fully saturated rings. The van der Waals surface area contributed by atoms with Gasteiger partial charge in [-0.15, -0.1) is 0 Å². The summed E-state index contributed by atoms with van der Waals surface area (Å²) in [7, 11) is 1.87. The summed E-state index contributed by atoms with van der Waals surface area (Å²) in [6, 6.07) is 12.4. The van der Waals surface area contributed by atoms with Crippen LogP contribution in [0.5, 0.6) is 0 Å². The second-order valence-electron chi connectivity index (χ2n) is 5.41. The number of benzene rings is 1. The monoisotopic (exact) mass is 282 g/mol. The van der Waals surface area contributed by atoms with E-state index in [0.29, 0.717) is 6.42 Å². The molecule has 0 unspecified atom stereocenters. The zero-order chi connectivity index (χ0) is 15.1. The summed E-state index contributed by atoms with van der Waals surface area (Å²) in [6.45, 7) is 2.82. The first kappa shape index (κ1) is 15.2. The van der Waals surface area contributed by atoms with Gasteiger partial charge in [-0.2, -0.15) is 0 Å². The van der Waals surface area contributed by atoms with E-state index in [-0.39, 0.29) is 5.91 Å². The van der Waals surface area contributed by atoms with E-state index in [1.54, 1.807) is 12.4 Å². The van der Waals surface area contributed by atoms with Crippen LogP contribution in [0.2, 0.25) is 0 Å². The Labute approximate surface area is 126 Å². The molecule has 2 aromatic rings. The average Bonchev–Trinajstić information content (AvgIpc) is 2.52. The first-order valence-corrected chi connectivity index (χ1v) is 7.33. The molecule has 0 atom stereocenters. The third-order valence-corrected chi connectivity index (χ3v) is 3.66. The molecule has 2 rings (SSSR count). The van der Waals surface area contributed by atoms with Crippen molar-refractivity contribution in [2.45, 2.75) is 26.2 Å². The Balaban J connectivity index is 1.76. The van der Waals surface area contributed by atoms with Gasteiger partial charge >= 0.3 is 0 Å². The van der Waals surface area contributed by atoms with Gasteiger partial charge in [0.1, 0.15) is 0 Å². The number of carbonyl (C=O) groups is 1. The smallest absolute Gasteiger partial charge is 0.222 e. The second-order valence-corrected chi connectivity index (χ2v) is 5.41. The Morgan fingerprint density at radius 2 is 1.62 bits per heavy atom. The van der Waals surface area contributed by atoms with Crippen LogP contribution >= 0.6 is 0 Å². The molecule has 3 nitrogen and oxygen atoms in total. The van der Waals surface area contributed by atoms with E-state index in [0.717, 1.165) is 19.4 Å². The van der Waals surface area contributed by atoms with Gasteiger partial charge in [0.2, 0.25) is 5.91 Å². The second kappa shape index (κ2) is 7.58. The highest BCUT2D eigenvalue weighted by molar-refractivity contribution is 5.76. The minimum Gasteiger partial charge on any atom is -0.345 e. The van der Waals surface area contributed by atoms with Crippen LogP contribution in [0.1, 0.15) is 23.1 Å². The predicted molar refractivity (Wildman–Crippen MR) is 85.1 cm³/mol. The van der Waals surface area contributed by atoms with Crippen LogP contribution < -0.4 is 0 Å². The number of aromatic nitrogens is 1. The minimum absolute atomic E-state index is 0.199. The van der Waals surface area contributed by atoms with Crippen molar-refractivity contribution < 1.29 is 4.79 Å². The van der Waals surface area contributed by atoms with Crippen molar-refractivity contribution in [2.75, 3.05) is 13.6 Å². The highest BCUT2D eigenvalue weighted by atomic mass is 16.2. The van der Waals surface area contributed by atoms with E-state index >= 15 is 0 Å². The fourth-order valence-electron chi connectivity index (χ4n) is 2.17. The number of aryl methyl sites for hydroxylation is 2. The summed E-state index contributed by atoms with van der Waals surface area (Å²) >= 11 is 0. The molecule has 0 saturated carbocycles. The Bertz CT molecular complexity index is 564. The van der Waals surface area contributed by atoms with Crippen LogP contribution in [0, 0.1) is 6.92 Å². The number of pyridine rings is 1. The first-order chi connectivity index (χ1) is 10.1. The lowest BCUT2D eigenvalue weighted by Crippen LogP contribution is -2.29. The van der Waals surface area contributed by atoms with Crippen molar-refractivity contribution in [3.05, 3.63) is 65.5 Å². The summed E-state index contributed by atoms with van der Waals surface area (Å²) in [6.07, 6.45) is 5.81. The van der Waals surface area contributed by atoms with E-state index in [2.05, 4.69) is 36.2 Å². The molecular formula is C18H22N2O. The van der Waals surface area contributed by atoms with E-state index in [1.165, 1.54) is 16.7 Å². The molecule has 0 spiro atoms. The van der Waals surface area contributed by atoms with Crippen LogP contribution in [-0.4, -0.2) is 29.4 Å². The Morgan fingerprint density at radius 1 is 1.00 bits per heavy atom. The van der Waals surface area contributed by atoms with Crippen molar-refractivity contribution in [1.82, 2.24) is 9.88 Å². The maximum Gasteiger partial charge on any atom is 0.222 e. The van der Waals surface area contributed by atoms with Crippen molar-refractivity contribution in [1.29, 1.82) is 0 Å². The summed E-state index contributed by atoms with van der Waals surface area (Å²) in [5.41, 5.74) is 3.68. The number of carbonyl (C=O) groups excluding carboxylic acids is 1. The van der Waals surface area contributed by atoms with E-state index in [4.69, 9.17) is 0 Å². The molecule has 1 amide bonds. The molecule has 0 bridgehead atoms. The summed E-state index contributed by atoms with van der Waals surface area (Å²) < 4.78 is 0. The van der Waals surface area contributed by atoms with Crippen molar-refractivity contribution in [3.8, 4) is 0 Å². The van der Waals surface area contributed by atoms with Gasteiger partial charge in [0.25, 0.3) is 0 Å². The fraction of sp³-hybridized carbons (Fsp3) is 0.333. The predicted octanol–water partition coefficient (Wildman–Crippen LogP) is 3.02. The third kappa shape index (κ3) is 5.03. The van der Waals surface area contributed by atoms with Crippen molar-refractivity contribution >= 4 is 5.91 Å². The number of amides is 1. The maximum atomic E-state index is 12.1. The standard InChI is InChI=1S/C18H22N2O/c1-15-3-5-16(6-4-15)7-8-18(21)20(2)14-11-17-9-12-19-13-10-17/h3-6,9-10,12-13H,7-8,11,14H2,1-2H3. The number of likely N-dealkylation sites (N-methyl/N-ethyl adjacent to an activating group) is 1. The number of nitrogens with zero attached hydrogens (tertiary/aromatic N) is 2. The molecule has 0 aliphatic carbocycles. The lowest BCUT2D eigenvalue weighted by atomic mass is 10.1. The van der Waals surface area contributed by atoms with Gasteiger partial charge in [0.05, 0.1) is 0 Å². The Morgan fingerprint density at radius 3 is 2.29 bits per heavy atom. The van der Waals surface area contributed by atoms with Crippen molar-refractivity contribution in [2.24, 2.45) is 0 Å². The Hall–Kier alpha value is -2.16. The fourth-order valence-corrected chi connectivity index (χ4v) is 2.17. The zero-order valence-electron chi connectivity index (χ0n) is 12.7. The molecule has 0 radical (unpaired) electrons. The van der Waals surface area contributed by atoms with Crippen LogP contribution in [0.3, 0.4) is 0 Å². The van der Waals surface area contributed by atoms with Gasteiger partial charge in [-0.3, -0.25) is 9.78 Å². The molecule has 0 aliphatic heterocycles. The SMILES string of the molecule is Cc1ccc(CCC(=O)N(C)CCc2ccncc2)cc1. The summed E-state index contributed by atoms with van der Waals surface area (Å²) in [5.74, 6) is 0.199. The molecule has 0 N–H and O–H groups in total. The average molecular weight is 282 g/mol. The molecule has 21 heavy (non-hydrogen) atoms.